The van der Waals surface area contributed by atoms with Crippen molar-refractivity contribution >= 4 is 41.2 Å². The number of anilines is 1. The highest BCUT2D eigenvalue weighted by Gasteiger charge is 2.37. The van der Waals surface area contributed by atoms with Crippen LogP contribution in [0.15, 0.2) is 66.2 Å². The molecule has 196 valence electrons. The Labute approximate surface area is 225 Å². The molecule has 4 rings (SSSR count). The molecule has 0 bridgehead atoms. The number of urea groups is 1. The monoisotopic (exact) mass is 534 g/mol. The number of hydrogen-bond acceptors (Lipinski definition) is 6. The maximum absolute atomic E-state index is 13.3. The molecule has 0 radical (unpaired) electrons. The number of carbonyl (C=O) groups is 3. The Morgan fingerprint density at radius 3 is 2.32 bits per heavy atom. The summed E-state index contributed by atoms with van der Waals surface area (Å²) in [4.78, 5) is 39.4. The van der Waals surface area contributed by atoms with Crippen molar-refractivity contribution in [2.75, 3.05) is 12.0 Å². The third-order valence-electron chi connectivity index (χ3n) is 5.64. The molecule has 3 aromatic rings. The number of amides is 4. The zero-order chi connectivity index (χ0) is 27.4. The van der Waals surface area contributed by atoms with E-state index in [1.54, 1.807) is 36.4 Å². The smallest absolute Gasteiger partial charge is 0.335 e. The van der Waals surface area contributed by atoms with Crippen molar-refractivity contribution in [1.29, 1.82) is 0 Å². The molecule has 0 saturated carbocycles. The van der Waals surface area contributed by atoms with Crippen molar-refractivity contribution in [3.8, 4) is 17.2 Å². The number of imide groups is 2. The third-order valence-corrected chi connectivity index (χ3v) is 5.92. The molecule has 0 atom stereocenters. The highest BCUT2D eigenvalue weighted by molar-refractivity contribution is 6.39. The zero-order valence-corrected chi connectivity index (χ0v) is 22.2. The molecule has 9 heteroatoms. The lowest BCUT2D eigenvalue weighted by molar-refractivity contribution is -0.122. The van der Waals surface area contributed by atoms with E-state index in [-0.39, 0.29) is 22.4 Å². The quantitative estimate of drug-likeness (QED) is 0.295. The minimum atomic E-state index is -0.846. The number of ether oxygens (including phenoxy) is 3. The second kappa shape index (κ2) is 11.4. The average molecular weight is 535 g/mol. The van der Waals surface area contributed by atoms with E-state index in [0.29, 0.717) is 29.4 Å². The molecule has 0 spiro atoms. The number of halogens is 1. The fourth-order valence-electron chi connectivity index (χ4n) is 3.77. The van der Waals surface area contributed by atoms with Crippen LogP contribution in [0.1, 0.15) is 30.5 Å². The zero-order valence-electron chi connectivity index (χ0n) is 21.4. The Kier molecular flexibility index (Phi) is 8.02. The highest BCUT2D eigenvalue weighted by Crippen LogP contribution is 2.38. The number of rotatable bonds is 8. The van der Waals surface area contributed by atoms with Crippen LogP contribution in [-0.4, -0.2) is 31.1 Å². The Hall–Kier alpha value is -4.30. The molecule has 3 aromatic carbocycles. The second-order valence-electron chi connectivity index (χ2n) is 8.93. The molecule has 1 aliphatic rings. The Morgan fingerprint density at radius 1 is 1.00 bits per heavy atom. The largest absolute Gasteiger partial charge is 0.493 e. The van der Waals surface area contributed by atoms with Gasteiger partial charge in [-0.15, -0.1) is 0 Å². The van der Waals surface area contributed by atoms with Gasteiger partial charge >= 0.3 is 6.03 Å². The summed E-state index contributed by atoms with van der Waals surface area (Å²) in [5.41, 5.74) is 2.65. The van der Waals surface area contributed by atoms with Gasteiger partial charge in [0.1, 0.15) is 17.9 Å². The van der Waals surface area contributed by atoms with Crippen molar-refractivity contribution in [1.82, 2.24) is 5.32 Å². The van der Waals surface area contributed by atoms with Gasteiger partial charge in [0, 0.05) is 0 Å². The molecule has 4 amide bonds. The molecule has 38 heavy (non-hydrogen) atoms. The summed E-state index contributed by atoms with van der Waals surface area (Å²) in [5, 5.41) is 2.47. The molecule has 1 aliphatic heterocycles. The number of methoxy groups -OCH3 is 1. The maximum atomic E-state index is 13.3. The summed E-state index contributed by atoms with van der Waals surface area (Å²) in [6, 6.07) is 16.7. The van der Waals surface area contributed by atoms with Gasteiger partial charge in [-0.2, -0.15) is 0 Å². The van der Waals surface area contributed by atoms with E-state index in [9.17, 15) is 14.4 Å². The normalized spacial score (nSPS) is 14.6. The van der Waals surface area contributed by atoms with Gasteiger partial charge < -0.3 is 14.2 Å². The standard InChI is InChI=1S/C29H27ClN2O6/c1-17(2)38-26-24(30)14-20(15-25(26)36-4)13-23-27(33)31-29(35)32(28(23)34)21-9-11-22(12-10-21)37-16-19-7-5-18(3)6-8-19/h5-15,17H,16H2,1-4H3,(H,31,33,35)/b23-13+. The van der Waals surface area contributed by atoms with E-state index < -0.39 is 17.8 Å². The molecular weight excluding hydrogens is 508 g/mol. The third kappa shape index (κ3) is 5.98. The number of nitrogens with one attached hydrogen (secondary N) is 1. The fourth-order valence-corrected chi connectivity index (χ4v) is 4.04. The Balaban J connectivity index is 1.56. The summed E-state index contributed by atoms with van der Waals surface area (Å²) in [6.07, 6.45) is 1.21. The van der Waals surface area contributed by atoms with Gasteiger partial charge in [-0.3, -0.25) is 14.9 Å². The van der Waals surface area contributed by atoms with Crippen LogP contribution in [0.25, 0.3) is 6.08 Å². The highest BCUT2D eigenvalue weighted by atomic mass is 35.5. The molecule has 1 fully saturated rings. The first-order valence-electron chi connectivity index (χ1n) is 11.9. The van der Waals surface area contributed by atoms with E-state index in [1.165, 1.54) is 13.2 Å². The van der Waals surface area contributed by atoms with E-state index in [1.807, 2.05) is 45.0 Å². The Morgan fingerprint density at radius 2 is 1.68 bits per heavy atom. The number of nitrogens with zero attached hydrogens (tertiary/aromatic N) is 1. The predicted octanol–water partition coefficient (Wildman–Crippen LogP) is 5.69. The van der Waals surface area contributed by atoms with Crippen molar-refractivity contribution < 1.29 is 28.6 Å². The van der Waals surface area contributed by atoms with Crippen LogP contribution in [0, 0.1) is 6.92 Å². The first kappa shape index (κ1) is 26.8. The lowest BCUT2D eigenvalue weighted by Gasteiger charge is -2.26. The van der Waals surface area contributed by atoms with Gasteiger partial charge in [0.15, 0.2) is 11.5 Å². The van der Waals surface area contributed by atoms with Crippen LogP contribution in [0.4, 0.5) is 10.5 Å². The SMILES string of the molecule is COc1cc(/C=C2\C(=O)NC(=O)N(c3ccc(OCc4ccc(C)cc4)cc3)C2=O)cc(Cl)c1OC(C)C. The summed E-state index contributed by atoms with van der Waals surface area (Å²) in [6.45, 7) is 6.09. The van der Waals surface area contributed by atoms with Crippen LogP contribution in [0.3, 0.4) is 0 Å². The summed E-state index contributed by atoms with van der Waals surface area (Å²) in [7, 11) is 1.46. The van der Waals surface area contributed by atoms with Crippen LogP contribution in [-0.2, 0) is 16.2 Å². The van der Waals surface area contributed by atoms with E-state index in [2.05, 4.69) is 5.32 Å². The van der Waals surface area contributed by atoms with Crippen molar-refractivity contribution in [3.05, 3.63) is 87.9 Å². The van der Waals surface area contributed by atoms with Gasteiger partial charge in [0.05, 0.1) is 23.9 Å². The van der Waals surface area contributed by atoms with E-state index in [0.717, 1.165) is 16.0 Å². The predicted molar refractivity (Wildman–Crippen MR) is 145 cm³/mol. The van der Waals surface area contributed by atoms with Gasteiger partial charge in [-0.1, -0.05) is 41.4 Å². The lowest BCUT2D eigenvalue weighted by atomic mass is 10.1. The number of benzene rings is 3. The van der Waals surface area contributed by atoms with Gasteiger partial charge in [-0.25, -0.2) is 9.69 Å². The Bertz CT molecular complexity index is 1400. The number of barbiturate groups is 1. The molecular formula is C29H27ClN2O6. The summed E-state index contributed by atoms with van der Waals surface area (Å²) in [5.74, 6) is -0.323. The number of carbonyl (C=O) groups excluding carboxylic acids is 3. The van der Waals surface area contributed by atoms with E-state index in [4.69, 9.17) is 25.8 Å². The molecule has 0 unspecified atom stereocenters. The fraction of sp³-hybridized carbons (Fsp3) is 0.207. The second-order valence-corrected chi connectivity index (χ2v) is 9.33. The number of aryl methyl sites for hydroxylation is 1. The van der Waals surface area contributed by atoms with Gasteiger partial charge in [0.25, 0.3) is 11.8 Å². The summed E-state index contributed by atoms with van der Waals surface area (Å²) >= 11 is 6.39. The van der Waals surface area contributed by atoms with Gasteiger partial charge in [-0.05, 0) is 74.4 Å². The minimum Gasteiger partial charge on any atom is -0.493 e. The topological polar surface area (TPSA) is 94.2 Å². The maximum Gasteiger partial charge on any atom is 0.335 e. The van der Waals surface area contributed by atoms with Gasteiger partial charge in [0.2, 0.25) is 0 Å². The van der Waals surface area contributed by atoms with E-state index >= 15 is 0 Å². The first-order chi connectivity index (χ1) is 18.2. The van der Waals surface area contributed by atoms with Crippen molar-refractivity contribution in [2.45, 2.75) is 33.5 Å². The molecule has 1 heterocycles. The molecule has 1 saturated heterocycles. The first-order valence-corrected chi connectivity index (χ1v) is 12.3. The molecule has 8 nitrogen and oxygen atoms in total. The minimum absolute atomic E-state index is 0.143. The lowest BCUT2D eigenvalue weighted by Crippen LogP contribution is -2.54. The van der Waals surface area contributed by atoms with Crippen molar-refractivity contribution in [2.24, 2.45) is 0 Å². The molecule has 0 aliphatic carbocycles. The van der Waals surface area contributed by atoms with Crippen molar-refractivity contribution in [3.63, 3.8) is 0 Å². The van der Waals surface area contributed by atoms with Crippen LogP contribution in [0.2, 0.25) is 5.02 Å². The molecule has 0 aromatic heterocycles. The summed E-state index contributed by atoms with van der Waals surface area (Å²) < 4.78 is 16.9. The van der Waals surface area contributed by atoms with Crippen LogP contribution in [0.5, 0.6) is 17.2 Å². The van der Waals surface area contributed by atoms with Crippen LogP contribution >= 0.6 is 11.6 Å². The molecule has 1 N–H and O–H groups in total. The number of hydrogen-bond donors (Lipinski definition) is 1. The van der Waals surface area contributed by atoms with Crippen LogP contribution < -0.4 is 24.4 Å². The average Bonchev–Trinajstić information content (AvgIpc) is 2.88.